The van der Waals surface area contributed by atoms with E-state index in [1.165, 1.54) is 12.8 Å². The molecule has 1 saturated heterocycles. The van der Waals surface area contributed by atoms with Crippen LogP contribution in [0, 0.1) is 5.92 Å². The highest BCUT2D eigenvalue weighted by atomic mass is 16.5. The predicted molar refractivity (Wildman–Crippen MR) is 65.0 cm³/mol. The molecule has 1 aliphatic rings. The molecule has 1 aliphatic heterocycles. The summed E-state index contributed by atoms with van der Waals surface area (Å²) in [7, 11) is 0. The van der Waals surface area contributed by atoms with Crippen LogP contribution in [0.15, 0.2) is 12.7 Å². The molecule has 3 atom stereocenters. The lowest BCUT2D eigenvalue weighted by atomic mass is 9.99. The van der Waals surface area contributed by atoms with Crippen molar-refractivity contribution in [1.29, 1.82) is 0 Å². The standard InChI is InChI=1S/C13H25NO/c1-4-6-7-11(3)14-10-12-8-9-15-13(12)5-2/h4,11-14H,1,5-10H2,2-3H3. The van der Waals surface area contributed by atoms with Crippen molar-refractivity contribution >= 4 is 0 Å². The summed E-state index contributed by atoms with van der Waals surface area (Å²) in [6, 6.07) is 0.598. The van der Waals surface area contributed by atoms with Gasteiger partial charge in [0.1, 0.15) is 0 Å². The molecule has 2 nitrogen and oxygen atoms in total. The van der Waals surface area contributed by atoms with E-state index in [0.717, 1.165) is 31.9 Å². The zero-order valence-electron chi connectivity index (χ0n) is 10.2. The Morgan fingerprint density at radius 2 is 2.40 bits per heavy atom. The van der Waals surface area contributed by atoms with Crippen LogP contribution in [-0.4, -0.2) is 25.3 Å². The molecular weight excluding hydrogens is 186 g/mol. The fourth-order valence-corrected chi connectivity index (χ4v) is 2.20. The van der Waals surface area contributed by atoms with Crippen molar-refractivity contribution < 1.29 is 4.74 Å². The minimum atomic E-state index is 0.490. The highest BCUT2D eigenvalue weighted by Gasteiger charge is 2.26. The van der Waals surface area contributed by atoms with Gasteiger partial charge in [-0.1, -0.05) is 13.0 Å². The van der Waals surface area contributed by atoms with Gasteiger partial charge in [0, 0.05) is 19.2 Å². The van der Waals surface area contributed by atoms with Crippen LogP contribution < -0.4 is 5.32 Å². The largest absolute Gasteiger partial charge is 0.378 e. The number of rotatable bonds is 7. The molecule has 3 unspecified atom stereocenters. The summed E-state index contributed by atoms with van der Waals surface area (Å²) >= 11 is 0. The van der Waals surface area contributed by atoms with Gasteiger partial charge in [-0.25, -0.2) is 0 Å². The zero-order valence-corrected chi connectivity index (χ0v) is 10.2. The van der Waals surface area contributed by atoms with E-state index in [0.29, 0.717) is 12.1 Å². The lowest BCUT2D eigenvalue weighted by molar-refractivity contribution is 0.0867. The molecule has 88 valence electrons. The molecule has 0 aliphatic carbocycles. The molecule has 0 aromatic heterocycles. The topological polar surface area (TPSA) is 21.3 Å². The Kier molecular flexibility index (Phi) is 5.96. The van der Waals surface area contributed by atoms with Crippen molar-refractivity contribution in [2.45, 2.75) is 51.7 Å². The van der Waals surface area contributed by atoms with E-state index in [4.69, 9.17) is 4.74 Å². The third-order valence-corrected chi connectivity index (χ3v) is 3.28. The average Bonchev–Trinajstić information content (AvgIpc) is 2.70. The molecule has 0 spiro atoms. The maximum Gasteiger partial charge on any atom is 0.0613 e. The predicted octanol–water partition coefficient (Wildman–Crippen LogP) is 2.75. The normalized spacial score (nSPS) is 27.9. The second-order valence-corrected chi connectivity index (χ2v) is 4.54. The van der Waals surface area contributed by atoms with Gasteiger partial charge >= 0.3 is 0 Å². The van der Waals surface area contributed by atoms with Gasteiger partial charge in [0.2, 0.25) is 0 Å². The Morgan fingerprint density at radius 1 is 1.60 bits per heavy atom. The number of hydrogen-bond acceptors (Lipinski definition) is 2. The van der Waals surface area contributed by atoms with Gasteiger partial charge in [-0.3, -0.25) is 0 Å². The van der Waals surface area contributed by atoms with E-state index in [9.17, 15) is 0 Å². The molecule has 0 radical (unpaired) electrons. The quantitative estimate of drug-likeness (QED) is 0.654. The Morgan fingerprint density at radius 3 is 3.07 bits per heavy atom. The first-order chi connectivity index (χ1) is 7.27. The van der Waals surface area contributed by atoms with Crippen LogP contribution >= 0.6 is 0 Å². The molecule has 1 fully saturated rings. The first kappa shape index (κ1) is 12.7. The molecule has 1 heterocycles. The molecule has 0 aromatic rings. The van der Waals surface area contributed by atoms with E-state index in [-0.39, 0.29) is 0 Å². The fourth-order valence-electron chi connectivity index (χ4n) is 2.20. The van der Waals surface area contributed by atoms with E-state index in [2.05, 4.69) is 25.7 Å². The molecule has 0 bridgehead atoms. The molecule has 0 saturated carbocycles. The van der Waals surface area contributed by atoms with Gasteiger partial charge in [0.25, 0.3) is 0 Å². The summed E-state index contributed by atoms with van der Waals surface area (Å²) in [5.41, 5.74) is 0. The Labute approximate surface area is 94.1 Å². The minimum Gasteiger partial charge on any atom is -0.378 e. The van der Waals surface area contributed by atoms with Crippen LogP contribution in [-0.2, 0) is 4.74 Å². The van der Waals surface area contributed by atoms with E-state index < -0.39 is 0 Å². The van der Waals surface area contributed by atoms with E-state index >= 15 is 0 Å². The number of nitrogens with one attached hydrogen (secondary N) is 1. The molecule has 15 heavy (non-hydrogen) atoms. The maximum absolute atomic E-state index is 5.67. The van der Waals surface area contributed by atoms with Crippen LogP contribution in [0.2, 0.25) is 0 Å². The van der Waals surface area contributed by atoms with Crippen molar-refractivity contribution in [3.63, 3.8) is 0 Å². The van der Waals surface area contributed by atoms with Gasteiger partial charge in [-0.15, -0.1) is 6.58 Å². The molecule has 0 aromatic carbocycles. The van der Waals surface area contributed by atoms with Crippen LogP contribution in [0.1, 0.15) is 39.5 Å². The summed E-state index contributed by atoms with van der Waals surface area (Å²) in [4.78, 5) is 0. The van der Waals surface area contributed by atoms with Gasteiger partial charge in [0.15, 0.2) is 0 Å². The second kappa shape index (κ2) is 7.02. The van der Waals surface area contributed by atoms with Crippen LogP contribution in [0.25, 0.3) is 0 Å². The van der Waals surface area contributed by atoms with Crippen LogP contribution in [0.3, 0.4) is 0 Å². The van der Waals surface area contributed by atoms with Gasteiger partial charge < -0.3 is 10.1 Å². The third-order valence-electron chi connectivity index (χ3n) is 3.28. The minimum absolute atomic E-state index is 0.490. The Balaban J connectivity index is 2.15. The van der Waals surface area contributed by atoms with Crippen LogP contribution in [0.4, 0.5) is 0 Å². The molecule has 2 heteroatoms. The Bertz CT molecular complexity index is 181. The SMILES string of the molecule is C=CCCC(C)NCC1CCOC1CC. The Hall–Kier alpha value is -0.340. The number of ether oxygens (including phenoxy) is 1. The highest BCUT2D eigenvalue weighted by Crippen LogP contribution is 2.22. The monoisotopic (exact) mass is 211 g/mol. The van der Waals surface area contributed by atoms with Crippen molar-refractivity contribution in [2.75, 3.05) is 13.2 Å². The summed E-state index contributed by atoms with van der Waals surface area (Å²) < 4.78 is 5.67. The number of allylic oxidation sites excluding steroid dienone is 1. The third kappa shape index (κ3) is 4.35. The first-order valence-electron chi connectivity index (χ1n) is 6.23. The maximum atomic E-state index is 5.67. The molecule has 1 rings (SSSR count). The fraction of sp³-hybridized carbons (Fsp3) is 0.846. The average molecular weight is 211 g/mol. The summed E-state index contributed by atoms with van der Waals surface area (Å²) in [6.07, 6.45) is 7.14. The van der Waals surface area contributed by atoms with Gasteiger partial charge in [-0.2, -0.15) is 0 Å². The molecular formula is C13H25NO. The highest BCUT2D eigenvalue weighted by molar-refractivity contribution is 4.79. The summed E-state index contributed by atoms with van der Waals surface area (Å²) in [5.74, 6) is 0.723. The van der Waals surface area contributed by atoms with E-state index in [1.807, 2.05) is 6.08 Å². The molecule has 0 amide bonds. The summed E-state index contributed by atoms with van der Waals surface area (Å²) in [6.45, 7) is 10.3. The number of hydrogen-bond donors (Lipinski definition) is 1. The van der Waals surface area contributed by atoms with Crippen molar-refractivity contribution in [2.24, 2.45) is 5.92 Å². The zero-order chi connectivity index (χ0) is 11.1. The van der Waals surface area contributed by atoms with Crippen molar-refractivity contribution in [1.82, 2.24) is 5.32 Å². The lowest BCUT2D eigenvalue weighted by Crippen LogP contribution is -2.34. The van der Waals surface area contributed by atoms with E-state index in [1.54, 1.807) is 0 Å². The second-order valence-electron chi connectivity index (χ2n) is 4.54. The van der Waals surface area contributed by atoms with Gasteiger partial charge in [0.05, 0.1) is 6.10 Å². The molecule has 1 N–H and O–H groups in total. The van der Waals surface area contributed by atoms with Crippen molar-refractivity contribution in [3.8, 4) is 0 Å². The first-order valence-corrected chi connectivity index (χ1v) is 6.23. The van der Waals surface area contributed by atoms with Crippen molar-refractivity contribution in [3.05, 3.63) is 12.7 Å². The van der Waals surface area contributed by atoms with Gasteiger partial charge in [-0.05, 0) is 38.5 Å². The summed E-state index contributed by atoms with van der Waals surface area (Å²) in [5, 5.41) is 3.60. The van der Waals surface area contributed by atoms with Crippen LogP contribution in [0.5, 0.6) is 0 Å². The lowest BCUT2D eigenvalue weighted by Gasteiger charge is -2.20. The smallest absolute Gasteiger partial charge is 0.0613 e.